The van der Waals surface area contributed by atoms with Crippen molar-refractivity contribution in [3.63, 3.8) is 0 Å². The number of piperazine rings is 1. The first-order chi connectivity index (χ1) is 15.6. The van der Waals surface area contributed by atoms with Gasteiger partial charge in [0.15, 0.2) is 4.77 Å². The molecule has 0 bridgehead atoms. The molecule has 1 aliphatic carbocycles. The Morgan fingerprint density at radius 1 is 0.938 bits per heavy atom. The number of fused-ring (bicyclic) bond motifs is 1. The Bertz CT molecular complexity index is 1240. The minimum absolute atomic E-state index is 0.00427. The smallest absolute Gasteiger partial charge is 0.262 e. The van der Waals surface area contributed by atoms with E-state index in [1.54, 1.807) is 22.8 Å². The van der Waals surface area contributed by atoms with Gasteiger partial charge >= 0.3 is 0 Å². The van der Waals surface area contributed by atoms with E-state index in [-0.39, 0.29) is 17.5 Å². The van der Waals surface area contributed by atoms with Crippen molar-refractivity contribution in [1.82, 2.24) is 14.5 Å². The Labute approximate surface area is 192 Å². The number of rotatable bonds is 3. The van der Waals surface area contributed by atoms with Crippen molar-refractivity contribution in [2.75, 3.05) is 31.1 Å². The van der Waals surface area contributed by atoms with Crippen LogP contribution in [0, 0.1) is 4.77 Å². The lowest BCUT2D eigenvalue weighted by Gasteiger charge is -2.36. The van der Waals surface area contributed by atoms with E-state index >= 15 is 0 Å². The quantitative estimate of drug-likeness (QED) is 0.598. The summed E-state index contributed by atoms with van der Waals surface area (Å²) < 4.78 is 2.21. The fourth-order valence-electron chi connectivity index (χ4n) is 5.02. The lowest BCUT2D eigenvalue weighted by molar-refractivity contribution is 0.0747. The van der Waals surface area contributed by atoms with Crippen LogP contribution in [0.5, 0.6) is 0 Å². The fourth-order valence-corrected chi connectivity index (χ4v) is 5.37. The summed E-state index contributed by atoms with van der Waals surface area (Å²) >= 11 is 5.55. The molecule has 5 rings (SSSR count). The maximum absolute atomic E-state index is 13.2. The second kappa shape index (κ2) is 8.90. The van der Waals surface area contributed by atoms with Gasteiger partial charge in [-0.25, -0.2) is 0 Å². The van der Waals surface area contributed by atoms with Gasteiger partial charge in [-0.05, 0) is 55.4 Å². The molecule has 1 aromatic heterocycles. The molecule has 0 atom stereocenters. The molecule has 3 aromatic rings. The zero-order valence-corrected chi connectivity index (χ0v) is 18.9. The summed E-state index contributed by atoms with van der Waals surface area (Å²) in [6.07, 6.45) is 5.48. The van der Waals surface area contributed by atoms with Crippen molar-refractivity contribution < 1.29 is 4.79 Å². The van der Waals surface area contributed by atoms with Gasteiger partial charge in [0.1, 0.15) is 0 Å². The van der Waals surface area contributed by atoms with Crippen molar-refractivity contribution in [2.45, 2.75) is 38.1 Å². The van der Waals surface area contributed by atoms with E-state index < -0.39 is 0 Å². The molecule has 32 heavy (non-hydrogen) atoms. The van der Waals surface area contributed by atoms with Gasteiger partial charge in [0.25, 0.3) is 11.5 Å². The zero-order chi connectivity index (χ0) is 22.1. The number of benzene rings is 2. The van der Waals surface area contributed by atoms with Crippen LogP contribution >= 0.6 is 12.2 Å². The largest absolute Gasteiger partial charge is 0.368 e. The van der Waals surface area contributed by atoms with Crippen LogP contribution in [-0.2, 0) is 0 Å². The first-order valence-corrected chi connectivity index (χ1v) is 11.9. The number of H-pyrrole nitrogens is 1. The molecule has 7 heteroatoms. The summed E-state index contributed by atoms with van der Waals surface area (Å²) in [5.74, 6) is -0.00427. The van der Waals surface area contributed by atoms with Crippen LogP contribution in [0.3, 0.4) is 0 Å². The molecule has 0 radical (unpaired) electrons. The molecule has 1 aliphatic heterocycles. The number of amides is 1. The highest BCUT2D eigenvalue weighted by atomic mass is 32.1. The fraction of sp³-hybridized carbons (Fsp3) is 0.400. The van der Waals surface area contributed by atoms with Gasteiger partial charge in [-0.2, -0.15) is 0 Å². The van der Waals surface area contributed by atoms with E-state index in [1.807, 2.05) is 23.1 Å². The zero-order valence-electron chi connectivity index (χ0n) is 18.1. The van der Waals surface area contributed by atoms with E-state index in [4.69, 9.17) is 12.2 Å². The van der Waals surface area contributed by atoms with E-state index in [9.17, 15) is 9.59 Å². The van der Waals surface area contributed by atoms with Gasteiger partial charge in [0.05, 0.1) is 10.9 Å². The van der Waals surface area contributed by atoms with E-state index in [1.165, 1.54) is 12.1 Å². The molecule has 6 nitrogen and oxygen atoms in total. The molecule has 1 saturated carbocycles. The van der Waals surface area contributed by atoms with Gasteiger partial charge in [-0.1, -0.05) is 37.5 Å². The van der Waals surface area contributed by atoms with Crippen LogP contribution in [-0.4, -0.2) is 46.5 Å². The lowest BCUT2D eigenvalue weighted by Crippen LogP contribution is -2.48. The van der Waals surface area contributed by atoms with Gasteiger partial charge in [0, 0.05) is 43.5 Å². The molecular formula is C25H28N4O2S. The average molecular weight is 449 g/mol. The monoisotopic (exact) mass is 448 g/mol. The first-order valence-electron chi connectivity index (χ1n) is 11.5. The summed E-state index contributed by atoms with van der Waals surface area (Å²) in [7, 11) is 0. The van der Waals surface area contributed by atoms with E-state index in [2.05, 4.69) is 22.0 Å². The highest BCUT2D eigenvalue weighted by Gasteiger charge is 2.23. The van der Waals surface area contributed by atoms with Crippen molar-refractivity contribution >= 4 is 34.7 Å². The average Bonchev–Trinajstić information content (AvgIpc) is 2.84. The number of nitrogens with zero attached hydrogens (tertiary/aromatic N) is 3. The van der Waals surface area contributed by atoms with Crippen LogP contribution in [0.25, 0.3) is 10.9 Å². The molecule has 0 spiro atoms. The van der Waals surface area contributed by atoms with Crippen molar-refractivity contribution in [3.05, 3.63) is 69.2 Å². The van der Waals surface area contributed by atoms with Crippen molar-refractivity contribution in [1.29, 1.82) is 0 Å². The molecular weight excluding hydrogens is 420 g/mol. The number of carbonyl (C=O) groups excluding carboxylic acids is 1. The normalized spacial score (nSPS) is 17.6. The number of nitrogens with one attached hydrogen (secondary N) is 1. The van der Waals surface area contributed by atoms with E-state index in [0.717, 1.165) is 38.8 Å². The van der Waals surface area contributed by atoms with Crippen LogP contribution in [0.2, 0.25) is 0 Å². The van der Waals surface area contributed by atoms with Crippen molar-refractivity contribution in [3.8, 4) is 0 Å². The molecule has 2 aromatic carbocycles. The summed E-state index contributed by atoms with van der Waals surface area (Å²) in [6.45, 7) is 2.95. The maximum atomic E-state index is 13.2. The summed E-state index contributed by atoms with van der Waals surface area (Å²) in [5.41, 5.74) is 2.37. The predicted molar refractivity (Wildman–Crippen MR) is 130 cm³/mol. The van der Waals surface area contributed by atoms with Gasteiger partial charge in [-0.3, -0.25) is 14.2 Å². The third-order valence-corrected chi connectivity index (χ3v) is 7.10. The van der Waals surface area contributed by atoms with Gasteiger partial charge in [-0.15, -0.1) is 0 Å². The number of aromatic amines is 1. The van der Waals surface area contributed by atoms with Gasteiger partial charge in [0.2, 0.25) is 0 Å². The molecule has 1 N–H and O–H groups in total. The molecule has 2 aliphatic rings. The number of hydrogen-bond acceptors (Lipinski definition) is 4. The SMILES string of the molecule is O=C(c1ccc2c(=O)n(C3CCCCC3)c(=S)[nH]c2c1)N1CCN(c2ccccc2)CC1. The third-order valence-electron chi connectivity index (χ3n) is 6.80. The standard InChI is InChI=1S/C25H28N4O2S/c30-23(28-15-13-27(14-16-28)19-7-3-1-4-8-19)18-11-12-21-22(17-18)26-25(32)29(24(21)31)20-9-5-2-6-10-20/h1,3-4,7-8,11-12,17,20H,2,5-6,9-10,13-16H2,(H,26,32). The molecule has 1 amide bonds. The molecule has 1 saturated heterocycles. The van der Waals surface area contributed by atoms with Crippen LogP contribution in [0.4, 0.5) is 5.69 Å². The summed E-state index contributed by atoms with van der Waals surface area (Å²) in [4.78, 5) is 33.7. The Hall–Kier alpha value is -2.93. The lowest BCUT2D eigenvalue weighted by atomic mass is 9.95. The predicted octanol–water partition coefficient (Wildman–Crippen LogP) is 4.53. The number of anilines is 1. The van der Waals surface area contributed by atoms with Crippen LogP contribution in [0.15, 0.2) is 53.3 Å². The Morgan fingerprint density at radius 3 is 2.38 bits per heavy atom. The Kier molecular flexibility index (Phi) is 5.83. The highest BCUT2D eigenvalue weighted by molar-refractivity contribution is 7.71. The Morgan fingerprint density at radius 2 is 1.66 bits per heavy atom. The minimum atomic E-state index is -0.0499. The highest BCUT2D eigenvalue weighted by Crippen LogP contribution is 2.27. The maximum Gasteiger partial charge on any atom is 0.262 e. The third kappa shape index (κ3) is 3.97. The summed E-state index contributed by atoms with van der Waals surface area (Å²) in [5, 5.41) is 0.592. The number of para-hydroxylation sites is 1. The second-order valence-electron chi connectivity index (χ2n) is 8.77. The van der Waals surface area contributed by atoms with E-state index in [0.29, 0.717) is 34.3 Å². The Balaban J connectivity index is 1.36. The van der Waals surface area contributed by atoms with Crippen LogP contribution in [0.1, 0.15) is 48.5 Å². The molecule has 2 heterocycles. The molecule has 2 fully saturated rings. The summed E-state index contributed by atoms with van der Waals surface area (Å²) in [6, 6.07) is 15.8. The number of hydrogen-bond donors (Lipinski definition) is 1. The number of aromatic nitrogens is 2. The second-order valence-corrected chi connectivity index (χ2v) is 9.16. The topological polar surface area (TPSA) is 61.3 Å². The van der Waals surface area contributed by atoms with Gasteiger partial charge < -0.3 is 14.8 Å². The number of carbonyl (C=O) groups is 1. The first kappa shape index (κ1) is 20.9. The minimum Gasteiger partial charge on any atom is -0.368 e. The van der Waals surface area contributed by atoms with Crippen LogP contribution < -0.4 is 10.5 Å². The van der Waals surface area contributed by atoms with Crippen molar-refractivity contribution in [2.24, 2.45) is 0 Å². The molecule has 166 valence electrons. The molecule has 0 unspecified atom stereocenters.